The molecule has 0 spiro atoms. The molecule has 3 rings (SSSR count). The second-order valence-electron chi connectivity index (χ2n) is 11.4. The number of hydrogen-bond acceptors (Lipinski definition) is 8. The third-order valence-electron chi connectivity index (χ3n) is 8.10. The van der Waals surface area contributed by atoms with Crippen LogP contribution in [0.2, 0.25) is 0 Å². The number of ketones is 2. The molecule has 42 heavy (non-hydrogen) atoms. The van der Waals surface area contributed by atoms with Crippen LogP contribution in [0.4, 0.5) is 0 Å². The van der Waals surface area contributed by atoms with E-state index in [1.54, 1.807) is 18.5 Å². The summed E-state index contributed by atoms with van der Waals surface area (Å²) in [4.78, 5) is 70.3. The Labute approximate surface area is 248 Å². The molecule has 3 heterocycles. The summed E-state index contributed by atoms with van der Waals surface area (Å²) in [6.07, 6.45) is 10.9. The molecule has 0 radical (unpaired) electrons. The number of Topliss-reactive ketones (excluding diaryl/α,β-unsaturated/α-hetero) is 2. The minimum atomic E-state index is -0.868. The average Bonchev–Trinajstić information content (AvgIpc) is 2.99. The molecule has 1 aromatic heterocycles. The maximum absolute atomic E-state index is 13.5. The molecular weight excluding hydrogens is 536 g/mol. The lowest BCUT2D eigenvalue weighted by molar-refractivity contribution is -0.165. The van der Waals surface area contributed by atoms with Gasteiger partial charge in [0, 0.05) is 44.1 Å². The number of aromatic nitrogens is 1. The molecule has 0 N–H and O–H groups in total. The van der Waals surface area contributed by atoms with E-state index in [0.29, 0.717) is 51.4 Å². The van der Waals surface area contributed by atoms with Crippen LogP contribution in [0.3, 0.4) is 0 Å². The van der Waals surface area contributed by atoms with Crippen LogP contribution in [0, 0.1) is 11.8 Å². The molecule has 2 unspecified atom stereocenters. The monoisotopic (exact) mass is 580 g/mol. The van der Waals surface area contributed by atoms with Crippen molar-refractivity contribution < 1.29 is 33.4 Å². The van der Waals surface area contributed by atoms with Crippen molar-refractivity contribution in [3.63, 3.8) is 0 Å². The number of carbonyl (C=O) groups excluding carboxylic acids is 5. The summed E-state index contributed by atoms with van der Waals surface area (Å²) < 4.78 is 11.3. The lowest BCUT2D eigenvalue weighted by atomic mass is 9.88. The van der Waals surface area contributed by atoms with Gasteiger partial charge in [0.1, 0.15) is 17.9 Å². The normalized spacial score (nSPS) is 27.2. The Morgan fingerprint density at radius 2 is 1.88 bits per heavy atom. The first-order valence-electron chi connectivity index (χ1n) is 15.1. The highest BCUT2D eigenvalue weighted by molar-refractivity contribution is 6.36. The van der Waals surface area contributed by atoms with Crippen LogP contribution < -0.4 is 0 Å². The Morgan fingerprint density at radius 3 is 2.62 bits per heavy atom. The van der Waals surface area contributed by atoms with E-state index < -0.39 is 35.8 Å². The zero-order valence-electron chi connectivity index (χ0n) is 24.9. The van der Waals surface area contributed by atoms with Gasteiger partial charge in [0.15, 0.2) is 0 Å². The van der Waals surface area contributed by atoms with Crippen molar-refractivity contribution in [3.05, 3.63) is 54.4 Å². The quantitative estimate of drug-likeness (QED) is 0.279. The molecule has 2 aliphatic rings. The van der Waals surface area contributed by atoms with Gasteiger partial charge in [-0.2, -0.15) is 0 Å². The van der Waals surface area contributed by atoms with Gasteiger partial charge < -0.3 is 14.4 Å². The maximum Gasteiger partial charge on any atom is 0.329 e. The molecule has 4 atom stereocenters. The fourth-order valence-corrected chi connectivity index (χ4v) is 5.48. The molecule has 2 aliphatic heterocycles. The van der Waals surface area contributed by atoms with E-state index in [4.69, 9.17) is 9.47 Å². The van der Waals surface area contributed by atoms with Crippen molar-refractivity contribution >= 4 is 29.4 Å². The molecule has 1 saturated heterocycles. The summed E-state index contributed by atoms with van der Waals surface area (Å²) >= 11 is 0. The standard InChI is InChI=1S/C33H44N2O7/c1-4-8-26-21-23(2)17-20-41-31(38)16-14-29(37)32(39)35-19-6-5-10-27(35)33(40)42-30(24(3)11-13-28(26)36)15-12-25-9-7-18-34-22-25/h4,7,9,18,21-22,24,26-27,30H,1,5-6,8,10-17,19-20H2,2-3H3/b23-21+/t24-,26?,27+,30?/m1/s1. The van der Waals surface area contributed by atoms with Crippen LogP contribution in [0.5, 0.6) is 0 Å². The van der Waals surface area contributed by atoms with Crippen LogP contribution in [-0.2, 0) is 39.9 Å². The van der Waals surface area contributed by atoms with Gasteiger partial charge >= 0.3 is 11.9 Å². The summed E-state index contributed by atoms with van der Waals surface area (Å²) in [5, 5.41) is 0. The second-order valence-corrected chi connectivity index (χ2v) is 11.4. The highest BCUT2D eigenvalue weighted by Crippen LogP contribution is 2.26. The molecule has 1 amide bonds. The third-order valence-corrected chi connectivity index (χ3v) is 8.10. The Hall–Kier alpha value is -3.62. The number of carbonyl (C=O) groups is 5. The van der Waals surface area contributed by atoms with Gasteiger partial charge in [0.2, 0.25) is 5.78 Å². The van der Waals surface area contributed by atoms with E-state index in [-0.39, 0.29) is 43.6 Å². The summed E-state index contributed by atoms with van der Waals surface area (Å²) in [5.74, 6) is -2.98. The molecule has 9 heteroatoms. The number of amides is 1. The lowest BCUT2D eigenvalue weighted by Crippen LogP contribution is -2.51. The van der Waals surface area contributed by atoms with E-state index in [1.165, 1.54) is 4.90 Å². The van der Waals surface area contributed by atoms with Gasteiger partial charge in [-0.05, 0) is 69.4 Å². The van der Waals surface area contributed by atoms with E-state index in [0.717, 1.165) is 17.6 Å². The number of allylic oxidation sites excluding steroid dienone is 2. The molecule has 0 aromatic carbocycles. The summed E-state index contributed by atoms with van der Waals surface area (Å²) in [7, 11) is 0. The fraction of sp³-hybridized carbons (Fsp3) is 0.576. The molecule has 0 aliphatic carbocycles. The number of ether oxygens (including phenoxy) is 2. The largest absolute Gasteiger partial charge is 0.465 e. The zero-order valence-corrected chi connectivity index (χ0v) is 24.9. The molecule has 0 bridgehead atoms. The van der Waals surface area contributed by atoms with Crippen LogP contribution >= 0.6 is 0 Å². The van der Waals surface area contributed by atoms with Gasteiger partial charge in [-0.3, -0.25) is 24.2 Å². The summed E-state index contributed by atoms with van der Waals surface area (Å²) in [6.45, 7) is 8.06. The van der Waals surface area contributed by atoms with Gasteiger partial charge in [-0.1, -0.05) is 30.7 Å². The number of esters is 2. The lowest BCUT2D eigenvalue weighted by Gasteiger charge is -2.35. The highest BCUT2D eigenvalue weighted by Gasteiger charge is 2.37. The topological polar surface area (TPSA) is 120 Å². The van der Waals surface area contributed by atoms with E-state index in [9.17, 15) is 24.0 Å². The van der Waals surface area contributed by atoms with Crippen molar-refractivity contribution in [1.82, 2.24) is 9.88 Å². The number of aryl methyl sites for hydroxylation is 1. The van der Waals surface area contributed by atoms with Crippen LogP contribution in [0.25, 0.3) is 0 Å². The summed E-state index contributed by atoms with van der Waals surface area (Å²) in [5.41, 5.74) is 1.92. The number of nitrogens with zero attached hydrogens (tertiary/aromatic N) is 2. The molecule has 1 aromatic rings. The van der Waals surface area contributed by atoms with E-state index in [2.05, 4.69) is 11.6 Å². The minimum absolute atomic E-state index is 0.0763. The predicted molar refractivity (Wildman–Crippen MR) is 157 cm³/mol. The van der Waals surface area contributed by atoms with Crippen molar-refractivity contribution in [2.45, 2.75) is 96.6 Å². The predicted octanol–water partition coefficient (Wildman–Crippen LogP) is 4.73. The van der Waals surface area contributed by atoms with Crippen molar-refractivity contribution in [3.8, 4) is 0 Å². The molecular formula is C33H44N2O7. The number of piperidine rings is 1. The highest BCUT2D eigenvalue weighted by atomic mass is 16.5. The Bertz CT molecular complexity index is 1150. The first-order chi connectivity index (χ1) is 20.2. The Kier molecular flexibility index (Phi) is 13.1. The molecule has 9 nitrogen and oxygen atoms in total. The van der Waals surface area contributed by atoms with Crippen molar-refractivity contribution in [2.75, 3.05) is 13.2 Å². The van der Waals surface area contributed by atoms with Gasteiger partial charge in [0.25, 0.3) is 5.91 Å². The van der Waals surface area contributed by atoms with Crippen molar-refractivity contribution in [2.24, 2.45) is 11.8 Å². The Balaban J connectivity index is 1.85. The van der Waals surface area contributed by atoms with E-state index in [1.807, 2.05) is 32.1 Å². The van der Waals surface area contributed by atoms with Gasteiger partial charge in [0.05, 0.1) is 13.0 Å². The second kappa shape index (κ2) is 16.7. The first kappa shape index (κ1) is 32.9. The fourth-order valence-electron chi connectivity index (χ4n) is 5.48. The minimum Gasteiger partial charge on any atom is -0.465 e. The number of rotatable bonds is 5. The van der Waals surface area contributed by atoms with Crippen LogP contribution in [-0.4, -0.2) is 64.6 Å². The third kappa shape index (κ3) is 10.0. The molecule has 1 fully saturated rings. The number of pyridine rings is 1. The average molecular weight is 581 g/mol. The number of cyclic esters (lactones) is 2. The van der Waals surface area contributed by atoms with Crippen LogP contribution in [0.15, 0.2) is 48.8 Å². The van der Waals surface area contributed by atoms with Crippen LogP contribution in [0.1, 0.15) is 83.6 Å². The summed E-state index contributed by atoms with van der Waals surface area (Å²) in [6, 6.07) is 2.95. The van der Waals surface area contributed by atoms with E-state index >= 15 is 0 Å². The smallest absolute Gasteiger partial charge is 0.329 e. The molecule has 0 saturated carbocycles. The SMILES string of the molecule is C=CCC1/C=C(\C)CCOC(=O)CCC(=O)C(=O)N2CCCC[C@H]2C(=O)OC(CCc2cccnc2)[C@H](C)CCC1=O. The van der Waals surface area contributed by atoms with Gasteiger partial charge in [-0.15, -0.1) is 6.58 Å². The number of hydrogen-bond donors (Lipinski definition) is 0. The maximum atomic E-state index is 13.5. The number of fused-ring (bicyclic) bond motifs is 1. The zero-order chi connectivity index (χ0) is 30.5. The van der Waals surface area contributed by atoms with Crippen molar-refractivity contribution in [1.29, 1.82) is 0 Å². The first-order valence-corrected chi connectivity index (χ1v) is 15.1. The van der Waals surface area contributed by atoms with Gasteiger partial charge in [-0.25, -0.2) is 4.79 Å². The molecule has 228 valence electrons. The Morgan fingerprint density at radius 1 is 1.07 bits per heavy atom.